The van der Waals surface area contributed by atoms with E-state index in [1.807, 2.05) is 19.1 Å². The largest absolute Gasteiger partial charge is 0.497 e. The molecule has 0 unspecified atom stereocenters. The number of hydrogen-bond acceptors (Lipinski definition) is 2. The zero-order valence-electron chi connectivity index (χ0n) is 10.2. The molecule has 2 N–H and O–H groups in total. The topological polar surface area (TPSA) is 35.1 Å². The third-order valence-electron chi connectivity index (χ3n) is 2.42. The normalized spacial score (nSPS) is 10.4. The molecular weight excluding hydrogens is 202 g/mol. The Balaban J connectivity index is 2.16. The minimum absolute atomic E-state index is 0.815. The zero-order chi connectivity index (χ0) is 11.6. The van der Waals surface area contributed by atoms with Crippen LogP contribution in [0.2, 0.25) is 0 Å². The van der Waals surface area contributed by atoms with Gasteiger partial charge in [0.15, 0.2) is 0 Å². The molecule has 0 aliphatic rings. The summed E-state index contributed by atoms with van der Waals surface area (Å²) in [6.45, 7) is 5.82. The third-order valence-corrected chi connectivity index (χ3v) is 2.42. The fourth-order valence-electron chi connectivity index (χ4n) is 1.54. The van der Waals surface area contributed by atoms with Crippen LogP contribution in [0, 0.1) is 0 Å². The molecule has 0 atom stereocenters. The molecular formula is C13H22NO2+. The molecule has 0 saturated carbocycles. The SMILES string of the molecule is CCOCCC[NH2+]Cc1cccc(OC)c1. The number of hydrogen-bond donors (Lipinski definition) is 1. The molecule has 3 heteroatoms. The Hall–Kier alpha value is -1.06. The van der Waals surface area contributed by atoms with Gasteiger partial charge in [-0.05, 0) is 19.1 Å². The van der Waals surface area contributed by atoms with Crippen molar-refractivity contribution in [2.75, 3.05) is 26.9 Å². The van der Waals surface area contributed by atoms with Crippen molar-refractivity contribution in [2.45, 2.75) is 19.9 Å². The van der Waals surface area contributed by atoms with Crippen LogP contribution >= 0.6 is 0 Å². The van der Waals surface area contributed by atoms with Gasteiger partial charge in [0.2, 0.25) is 0 Å². The van der Waals surface area contributed by atoms with E-state index in [1.54, 1.807) is 7.11 Å². The second-order valence-electron chi connectivity index (χ2n) is 3.68. The minimum atomic E-state index is 0.815. The average Bonchev–Trinajstić information content (AvgIpc) is 2.34. The molecule has 0 fully saturated rings. The third kappa shape index (κ3) is 5.14. The molecule has 0 aromatic heterocycles. The lowest BCUT2D eigenvalue weighted by atomic mass is 10.2. The highest BCUT2D eigenvalue weighted by molar-refractivity contribution is 5.27. The van der Waals surface area contributed by atoms with Gasteiger partial charge in [0.05, 0.1) is 20.3 Å². The molecule has 0 radical (unpaired) electrons. The van der Waals surface area contributed by atoms with Crippen LogP contribution in [0.15, 0.2) is 24.3 Å². The Labute approximate surface area is 97.8 Å². The summed E-state index contributed by atoms with van der Waals surface area (Å²) >= 11 is 0. The molecule has 16 heavy (non-hydrogen) atoms. The minimum Gasteiger partial charge on any atom is -0.497 e. The number of nitrogens with two attached hydrogens (primary N) is 1. The summed E-state index contributed by atoms with van der Waals surface area (Å²) in [6.07, 6.45) is 1.11. The fourth-order valence-corrected chi connectivity index (χ4v) is 1.54. The second-order valence-corrected chi connectivity index (χ2v) is 3.68. The van der Waals surface area contributed by atoms with Crippen LogP contribution in [0.25, 0.3) is 0 Å². The molecule has 1 aromatic rings. The molecule has 0 saturated heterocycles. The smallest absolute Gasteiger partial charge is 0.119 e. The van der Waals surface area contributed by atoms with Crippen molar-refractivity contribution in [1.82, 2.24) is 0 Å². The molecule has 3 nitrogen and oxygen atoms in total. The first-order valence-electron chi connectivity index (χ1n) is 5.89. The Morgan fingerprint density at radius 2 is 2.19 bits per heavy atom. The summed E-state index contributed by atoms with van der Waals surface area (Å²) < 4.78 is 10.5. The maximum atomic E-state index is 5.28. The highest BCUT2D eigenvalue weighted by atomic mass is 16.5. The summed E-state index contributed by atoms with van der Waals surface area (Å²) in [5.74, 6) is 0.931. The lowest BCUT2D eigenvalue weighted by Gasteiger charge is -2.04. The van der Waals surface area contributed by atoms with Gasteiger partial charge in [0, 0.05) is 18.6 Å². The van der Waals surface area contributed by atoms with Gasteiger partial charge in [-0.25, -0.2) is 0 Å². The summed E-state index contributed by atoms with van der Waals surface area (Å²) in [4.78, 5) is 0. The summed E-state index contributed by atoms with van der Waals surface area (Å²) in [7, 11) is 1.70. The molecule has 90 valence electrons. The average molecular weight is 224 g/mol. The summed E-state index contributed by atoms with van der Waals surface area (Å²) in [5, 5.41) is 2.30. The van der Waals surface area contributed by atoms with E-state index < -0.39 is 0 Å². The Kier molecular flexibility index (Phi) is 6.61. The fraction of sp³-hybridized carbons (Fsp3) is 0.538. The van der Waals surface area contributed by atoms with E-state index in [9.17, 15) is 0 Å². The van der Waals surface area contributed by atoms with Gasteiger partial charge in [0.1, 0.15) is 12.3 Å². The molecule has 1 rings (SSSR count). The van der Waals surface area contributed by atoms with Gasteiger partial charge < -0.3 is 14.8 Å². The van der Waals surface area contributed by atoms with Crippen LogP contribution in [0.5, 0.6) is 5.75 Å². The van der Waals surface area contributed by atoms with E-state index in [0.29, 0.717) is 0 Å². The Morgan fingerprint density at radius 3 is 2.94 bits per heavy atom. The van der Waals surface area contributed by atoms with Crippen LogP contribution in [0.1, 0.15) is 18.9 Å². The van der Waals surface area contributed by atoms with Crippen LogP contribution in [-0.2, 0) is 11.3 Å². The van der Waals surface area contributed by atoms with Crippen LogP contribution in [0.4, 0.5) is 0 Å². The van der Waals surface area contributed by atoms with Crippen LogP contribution < -0.4 is 10.1 Å². The number of methoxy groups -OCH3 is 1. The monoisotopic (exact) mass is 224 g/mol. The standard InChI is InChI=1S/C13H21NO2/c1-3-16-9-5-8-14-11-12-6-4-7-13(10-12)15-2/h4,6-7,10,14H,3,5,8-9,11H2,1-2H3/p+1. The Morgan fingerprint density at radius 1 is 1.31 bits per heavy atom. The van der Waals surface area contributed by atoms with E-state index in [1.165, 1.54) is 5.56 Å². The van der Waals surface area contributed by atoms with Crippen molar-refractivity contribution in [3.05, 3.63) is 29.8 Å². The van der Waals surface area contributed by atoms with Gasteiger partial charge in [0.25, 0.3) is 0 Å². The first kappa shape index (κ1) is 13.0. The van der Waals surface area contributed by atoms with E-state index in [-0.39, 0.29) is 0 Å². The van der Waals surface area contributed by atoms with Gasteiger partial charge in [-0.3, -0.25) is 0 Å². The lowest BCUT2D eigenvalue weighted by molar-refractivity contribution is -0.671. The maximum Gasteiger partial charge on any atom is 0.119 e. The Bertz CT molecular complexity index is 289. The number of benzene rings is 1. The predicted molar refractivity (Wildman–Crippen MR) is 64.6 cm³/mol. The predicted octanol–water partition coefficient (Wildman–Crippen LogP) is 1.19. The van der Waals surface area contributed by atoms with Crippen LogP contribution in [0.3, 0.4) is 0 Å². The highest BCUT2D eigenvalue weighted by Crippen LogP contribution is 2.11. The maximum absolute atomic E-state index is 5.28. The van der Waals surface area contributed by atoms with E-state index in [0.717, 1.165) is 38.5 Å². The number of ether oxygens (including phenoxy) is 2. The molecule has 0 bridgehead atoms. The quantitative estimate of drug-likeness (QED) is 0.673. The number of quaternary nitrogens is 1. The summed E-state index contributed by atoms with van der Waals surface area (Å²) in [6, 6.07) is 8.21. The van der Waals surface area contributed by atoms with E-state index in [4.69, 9.17) is 9.47 Å². The lowest BCUT2D eigenvalue weighted by Crippen LogP contribution is -2.82. The van der Waals surface area contributed by atoms with Crippen molar-refractivity contribution < 1.29 is 14.8 Å². The zero-order valence-corrected chi connectivity index (χ0v) is 10.2. The van der Waals surface area contributed by atoms with E-state index in [2.05, 4.69) is 17.4 Å². The molecule has 0 aliphatic carbocycles. The van der Waals surface area contributed by atoms with Crippen LogP contribution in [-0.4, -0.2) is 26.9 Å². The van der Waals surface area contributed by atoms with Crippen molar-refractivity contribution in [1.29, 1.82) is 0 Å². The van der Waals surface area contributed by atoms with E-state index >= 15 is 0 Å². The first-order chi connectivity index (χ1) is 7.86. The highest BCUT2D eigenvalue weighted by Gasteiger charge is 1.97. The van der Waals surface area contributed by atoms with Gasteiger partial charge in [-0.1, -0.05) is 12.1 Å². The second kappa shape index (κ2) is 8.13. The molecule has 0 aliphatic heterocycles. The van der Waals surface area contributed by atoms with Gasteiger partial charge >= 0.3 is 0 Å². The van der Waals surface area contributed by atoms with Crippen molar-refractivity contribution >= 4 is 0 Å². The van der Waals surface area contributed by atoms with Crippen molar-refractivity contribution in [3.8, 4) is 5.75 Å². The molecule has 0 spiro atoms. The first-order valence-corrected chi connectivity index (χ1v) is 5.89. The molecule has 0 amide bonds. The van der Waals surface area contributed by atoms with Crippen molar-refractivity contribution in [2.24, 2.45) is 0 Å². The van der Waals surface area contributed by atoms with Gasteiger partial charge in [-0.15, -0.1) is 0 Å². The van der Waals surface area contributed by atoms with Gasteiger partial charge in [-0.2, -0.15) is 0 Å². The molecule has 1 aromatic carbocycles. The molecule has 0 heterocycles. The van der Waals surface area contributed by atoms with Crippen molar-refractivity contribution in [3.63, 3.8) is 0 Å². The number of rotatable bonds is 8. The summed E-state index contributed by atoms with van der Waals surface area (Å²) in [5.41, 5.74) is 1.30.